The van der Waals surface area contributed by atoms with Crippen molar-refractivity contribution in [2.24, 2.45) is 11.7 Å². The Morgan fingerprint density at radius 1 is 1.33 bits per heavy atom. The zero-order valence-corrected chi connectivity index (χ0v) is 12.2. The molecule has 3 heteroatoms. The van der Waals surface area contributed by atoms with Crippen molar-refractivity contribution in [1.29, 1.82) is 0 Å². The summed E-state index contributed by atoms with van der Waals surface area (Å²) >= 11 is 0. The van der Waals surface area contributed by atoms with Crippen LogP contribution in [0.1, 0.15) is 59.3 Å². The van der Waals surface area contributed by atoms with Gasteiger partial charge in [0.25, 0.3) is 0 Å². The van der Waals surface area contributed by atoms with E-state index in [1.807, 2.05) is 13.8 Å². The molecule has 0 rings (SSSR count). The van der Waals surface area contributed by atoms with E-state index in [9.17, 15) is 4.79 Å². The summed E-state index contributed by atoms with van der Waals surface area (Å²) in [5, 5.41) is 0. The van der Waals surface area contributed by atoms with Crippen molar-refractivity contribution in [2.45, 2.75) is 64.8 Å². The zero-order valence-electron chi connectivity index (χ0n) is 12.2. The van der Waals surface area contributed by atoms with E-state index in [-0.39, 0.29) is 11.5 Å². The van der Waals surface area contributed by atoms with E-state index in [0.29, 0.717) is 12.5 Å². The monoisotopic (exact) mass is 255 g/mol. The van der Waals surface area contributed by atoms with Crippen molar-refractivity contribution in [2.75, 3.05) is 6.61 Å². The largest absolute Gasteiger partial charge is 0.463 e. The third-order valence-electron chi connectivity index (χ3n) is 3.34. The maximum atomic E-state index is 11.0. The van der Waals surface area contributed by atoms with Crippen molar-refractivity contribution < 1.29 is 9.53 Å². The van der Waals surface area contributed by atoms with Crippen LogP contribution < -0.4 is 5.73 Å². The molecule has 0 spiro atoms. The molecule has 0 bridgehead atoms. The molecule has 0 aliphatic rings. The van der Waals surface area contributed by atoms with Crippen LogP contribution in [0.25, 0.3) is 0 Å². The number of carbonyl (C=O) groups excluding carboxylic acids is 1. The van der Waals surface area contributed by atoms with E-state index < -0.39 is 0 Å². The Morgan fingerprint density at radius 3 is 2.50 bits per heavy atom. The van der Waals surface area contributed by atoms with E-state index in [1.165, 1.54) is 31.8 Å². The Morgan fingerprint density at radius 2 is 2.00 bits per heavy atom. The van der Waals surface area contributed by atoms with Gasteiger partial charge in [-0.2, -0.15) is 0 Å². The van der Waals surface area contributed by atoms with Crippen LogP contribution in [-0.4, -0.2) is 18.1 Å². The van der Waals surface area contributed by atoms with Gasteiger partial charge in [0.1, 0.15) is 0 Å². The second-order valence-corrected chi connectivity index (χ2v) is 5.53. The normalized spacial score (nSPS) is 13.1. The maximum absolute atomic E-state index is 11.0. The van der Waals surface area contributed by atoms with Crippen LogP contribution in [0.4, 0.5) is 0 Å². The molecular formula is C15H29NO2. The molecule has 0 fully saturated rings. The summed E-state index contributed by atoms with van der Waals surface area (Å²) in [6.07, 6.45) is 8.12. The second kappa shape index (κ2) is 9.15. The smallest absolute Gasteiger partial charge is 0.330 e. The Labute approximate surface area is 112 Å². The highest BCUT2D eigenvalue weighted by Gasteiger charge is 2.24. The summed E-state index contributed by atoms with van der Waals surface area (Å²) in [7, 11) is 0. The average Bonchev–Trinajstić information content (AvgIpc) is 2.30. The molecule has 0 heterocycles. The molecule has 1 unspecified atom stereocenters. The third kappa shape index (κ3) is 8.29. The minimum Gasteiger partial charge on any atom is -0.463 e. The highest BCUT2D eigenvalue weighted by molar-refractivity contribution is 5.81. The molecule has 0 aliphatic heterocycles. The highest BCUT2D eigenvalue weighted by atomic mass is 16.5. The lowest BCUT2D eigenvalue weighted by atomic mass is 9.82. The number of ether oxygens (including phenoxy) is 1. The second-order valence-electron chi connectivity index (χ2n) is 5.53. The van der Waals surface area contributed by atoms with Gasteiger partial charge in [-0.1, -0.05) is 39.2 Å². The fourth-order valence-corrected chi connectivity index (χ4v) is 2.07. The van der Waals surface area contributed by atoms with Crippen molar-refractivity contribution in [3.8, 4) is 0 Å². The van der Waals surface area contributed by atoms with E-state index in [0.717, 1.165) is 12.8 Å². The number of carbonyl (C=O) groups is 1. The summed E-state index contributed by atoms with van der Waals surface area (Å²) in [5.41, 5.74) is 5.97. The van der Waals surface area contributed by atoms with Crippen LogP contribution in [0.5, 0.6) is 0 Å². The van der Waals surface area contributed by atoms with Crippen molar-refractivity contribution >= 4 is 5.97 Å². The number of esters is 1. The molecule has 0 saturated carbocycles. The molecule has 3 nitrogen and oxygen atoms in total. The van der Waals surface area contributed by atoms with Gasteiger partial charge in [0, 0.05) is 11.6 Å². The number of rotatable bonds is 10. The van der Waals surface area contributed by atoms with Crippen molar-refractivity contribution in [3.63, 3.8) is 0 Å². The fraction of sp³-hybridized carbons (Fsp3) is 0.800. The summed E-state index contributed by atoms with van der Waals surface area (Å²) < 4.78 is 5.03. The molecule has 0 aromatic rings. The first-order chi connectivity index (χ1) is 8.41. The number of hydrogen-bond acceptors (Lipinski definition) is 3. The van der Waals surface area contributed by atoms with Crippen molar-refractivity contribution in [1.82, 2.24) is 0 Å². The van der Waals surface area contributed by atoms with E-state index in [2.05, 4.69) is 13.5 Å². The lowest BCUT2D eigenvalue weighted by molar-refractivity contribution is -0.138. The topological polar surface area (TPSA) is 52.3 Å². The zero-order chi connectivity index (χ0) is 14.0. The molecule has 0 aromatic carbocycles. The Hall–Kier alpha value is -0.830. The van der Waals surface area contributed by atoms with E-state index in [4.69, 9.17) is 10.5 Å². The number of nitrogens with two attached hydrogens (primary N) is 1. The van der Waals surface area contributed by atoms with Crippen LogP contribution in [0, 0.1) is 5.92 Å². The minimum absolute atomic E-state index is 0.215. The third-order valence-corrected chi connectivity index (χ3v) is 3.34. The summed E-state index contributed by atoms with van der Waals surface area (Å²) in [6, 6.07) is 0. The van der Waals surface area contributed by atoms with E-state index in [1.54, 1.807) is 0 Å². The first kappa shape index (κ1) is 17.2. The molecule has 18 heavy (non-hydrogen) atoms. The van der Waals surface area contributed by atoms with Crippen LogP contribution >= 0.6 is 0 Å². The van der Waals surface area contributed by atoms with Gasteiger partial charge in [0.05, 0.1) is 6.61 Å². The Bertz CT molecular complexity index is 243. The van der Waals surface area contributed by atoms with Gasteiger partial charge in [-0.05, 0) is 32.6 Å². The van der Waals surface area contributed by atoms with Gasteiger partial charge in [-0.3, -0.25) is 0 Å². The quantitative estimate of drug-likeness (QED) is 0.369. The Kier molecular flexibility index (Phi) is 8.73. The van der Waals surface area contributed by atoms with Crippen molar-refractivity contribution in [3.05, 3.63) is 12.7 Å². The predicted molar refractivity (Wildman–Crippen MR) is 76.3 cm³/mol. The lowest BCUT2D eigenvalue weighted by Crippen LogP contribution is -2.41. The SMILES string of the molecule is C=CC(=O)OCCC(CCCCCC)C(C)(C)N. The fourth-order valence-electron chi connectivity index (χ4n) is 2.07. The predicted octanol–water partition coefficient (Wildman–Crippen LogP) is 3.43. The molecule has 0 amide bonds. The summed E-state index contributed by atoms with van der Waals surface area (Å²) in [5.74, 6) is 0.0431. The molecule has 0 aliphatic carbocycles. The lowest BCUT2D eigenvalue weighted by Gasteiger charge is -2.30. The first-order valence-electron chi connectivity index (χ1n) is 6.99. The molecule has 0 aromatic heterocycles. The van der Waals surface area contributed by atoms with Gasteiger partial charge >= 0.3 is 5.97 Å². The number of hydrogen-bond donors (Lipinski definition) is 1. The minimum atomic E-state index is -0.352. The molecule has 2 N–H and O–H groups in total. The van der Waals surface area contributed by atoms with Gasteiger partial charge in [0.15, 0.2) is 0 Å². The number of unbranched alkanes of at least 4 members (excludes halogenated alkanes) is 3. The molecule has 1 atom stereocenters. The average molecular weight is 255 g/mol. The molecule has 106 valence electrons. The highest BCUT2D eigenvalue weighted by Crippen LogP contribution is 2.24. The van der Waals surface area contributed by atoms with Crippen LogP contribution in [-0.2, 0) is 9.53 Å². The molecular weight excluding hydrogens is 226 g/mol. The maximum Gasteiger partial charge on any atom is 0.330 e. The first-order valence-corrected chi connectivity index (χ1v) is 6.99. The van der Waals surface area contributed by atoms with Crippen LogP contribution in [0.2, 0.25) is 0 Å². The molecule has 0 radical (unpaired) electrons. The standard InChI is InChI=1S/C15H29NO2/c1-5-7-8-9-10-13(15(3,4)16)11-12-18-14(17)6-2/h6,13H,2,5,7-12,16H2,1,3-4H3. The van der Waals surface area contributed by atoms with Crippen LogP contribution in [0.15, 0.2) is 12.7 Å². The molecule has 0 saturated heterocycles. The van der Waals surface area contributed by atoms with Gasteiger partial charge in [-0.15, -0.1) is 0 Å². The van der Waals surface area contributed by atoms with Gasteiger partial charge < -0.3 is 10.5 Å². The van der Waals surface area contributed by atoms with Crippen LogP contribution in [0.3, 0.4) is 0 Å². The van der Waals surface area contributed by atoms with E-state index >= 15 is 0 Å². The summed E-state index contributed by atoms with van der Waals surface area (Å²) in [4.78, 5) is 11.0. The van der Waals surface area contributed by atoms with Gasteiger partial charge in [0.2, 0.25) is 0 Å². The van der Waals surface area contributed by atoms with Gasteiger partial charge in [-0.25, -0.2) is 4.79 Å². The summed E-state index contributed by atoms with van der Waals surface area (Å²) in [6.45, 7) is 10.1. The Balaban J connectivity index is 4.00.